The molecule has 6 aliphatic rings. The minimum Gasteiger partial charge on any atom is -0.870 e. The molecule has 0 amide bonds. The van der Waals surface area contributed by atoms with Crippen LogP contribution in [0.1, 0.15) is 177 Å². The van der Waals surface area contributed by atoms with E-state index in [4.69, 9.17) is 108 Å². The Labute approximate surface area is 930 Å². The quantitative estimate of drug-likeness (QED) is 0.00244. The molecule has 0 spiro atoms. The number of hydrogen-bond acceptors (Lipinski definition) is 36. The molecule has 40 heteroatoms. The van der Waals surface area contributed by atoms with Gasteiger partial charge in [0.25, 0.3) is 0 Å². The van der Waals surface area contributed by atoms with Crippen molar-refractivity contribution in [2.24, 2.45) is 0 Å². The Morgan fingerprint density at radius 1 is 0.517 bits per heavy atom. The number of allylic oxidation sites excluding steroid dienone is 7. The number of aliphatic hydroxyl groups excluding tert-OH is 3. The molecule has 0 bridgehead atoms. The average Bonchev–Trinajstić information content (AvgIpc) is 1.21. The van der Waals surface area contributed by atoms with E-state index in [-0.39, 0.29) is 121 Å². The van der Waals surface area contributed by atoms with Gasteiger partial charge >= 0.3 is 101 Å². The van der Waals surface area contributed by atoms with Crippen molar-refractivity contribution < 1.29 is 206 Å². The Morgan fingerprint density at radius 3 is 1.24 bits per heavy atom. The van der Waals surface area contributed by atoms with Crippen molar-refractivity contribution in [2.45, 2.75) is 230 Å². The van der Waals surface area contributed by atoms with Crippen LogP contribution in [0.4, 0.5) is 0 Å². The van der Waals surface area contributed by atoms with Crippen molar-refractivity contribution in [3.05, 3.63) is 215 Å². The van der Waals surface area contributed by atoms with Crippen LogP contribution < -0.4 is 51.4 Å². The standard InChI is InChI=1S/C20H22O4S.C15H32O4S.C12H14O3.C12H12O3.C9H12O2S.C8H10O2S.C7H15ClO2.C7H15O5P.C6H8OS.C5H10O.C4H8O2.K.H2O2.H2O/c1-16(24-20(22)12-10-18-8-5-13-25-15-18)9-11-19(21)23-14-17-6-3-2-4-7-17;1-5-16-14(17-6-2)10-9-12-20-13-11-15(18-7-3)19-8-4;2*1-10(13)7-8-12(14)15-9-11-5-3-2-4-6-11;1-11-9(10)5-4-8-3-2-6-12-7-8;9-8(10)4-3-7-2-1-5-11-6-7;1-3-9-7(5-6-8)10-4-2;1-4-11-13(9,12-5-2)6-7(8)10-3;7-4-6-2-1-3-8-5-6;1-5-3-2-4-6-5;5-4-2-1-3-6-4;;1-2;/h2-4,6-12,16H,5,13-15H2,1H3;14-15H,5-13H2,1-4H3;2-8,10,13H,9H2,1H3;2-6,10,13H,9H2,1H3;3-5H,2,6-7H2,1H3;2-4H,1,5-6H2,(H,9,10);7H,3-6H2,1-2H3;4-6H2,1-3H3;2,4H,1,3,5H2;5H,2-4H2,1H3;4-5H,1-3H2;;1-2H;1H2/q;;;;;;;;;;;+1;;/p-1/b11-9-,12-10+;;8-7-;;5-4+;4-3+;;;;;;;;/t16-;;2*10-;;;;;;;;;;/m1.11........../s1. The Morgan fingerprint density at radius 2 is 0.917 bits per heavy atom. The van der Waals surface area contributed by atoms with Gasteiger partial charge in [0, 0.05) is 137 Å². The second kappa shape index (κ2) is 107. The Bertz CT molecular complexity index is 4060. The minimum atomic E-state index is -3.27. The summed E-state index contributed by atoms with van der Waals surface area (Å²) in [6.07, 6.45) is 34.2. The van der Waals surface area contributed by atoms with E-state index < -0.39 is 68.0 Å². The maximum absolute atomic E-state index is 11.8. The predicted molar refractivity (Wildman–Crippen MR) is 575 cm³/mol. The molecule has 0 saturated carbocycles. The van der Waals surface area contributed by atoms with Crippen molar-refractivity contribution >= 4 is 126 Å². The van der Waals surface area contributed by atoms with Crippen LogP contribution in [0.2, 0.25) is 0 Å². The third-order valence-electron chi connectivity index (χ3n) is 17.7. The van der Waals surface area contributed by atoms with Gasteiger partial charge in [0.1, 0.15) is 44.5 Å². The van der Waals surface area contributed by atoms with Crippen molar-refractivity contribution in [3.8, 4) is 11.8 Å². The van der Waals surface area contributed by atoms with Crippen LogP contribution in [0.15, 0.2) is 198 Å². The summed E-state index contributed by atoms with van der Waals surface area (Å²) >= 11 is 14.9. The van der Waals surface area contributed by atoms with E-state index in [0.29, 0.717) is 51.6 Å². The summed E-state index contributed by atoms with van der Waals surface area (Å²) in [6, 6.07) is 28.2. The zero-order valence-corrected chi connectivity index (χ0v) is 96.2. The zero-order valence-electron chi connectivity index (χ0n) is 87.3. The monoisotopic (exact) mass is 2200 g/mol. The molecule has 7 N–H and O–H groups in total. The number of carbonyl (C=O) groups excluding carboxylic acids is 7. The van der Waals surface area contributed by atoms with Gasteiger partial charge in [-0.2, -0.15) is 58.8 Å². The average molecular weight is 2200 g/mol. The Kier molecular flexibility index (Phi) is 108. The summed E-state index contributed by atoms with van der Waals surface area (Å²) < 4.78 is 92.7. The van der Waals surface area contributed by atoms with E-state index in [0.717, 1.165) is 163 Å². The third-order valence-corrected chi connectivity index (χ3v) is 25.2. The van der Waals surface area contributed by atoms with Gasteiger partial charge in [-0.05, 0) is 227 Å². The van der Waals surface area contributed by atoms with Crippen molar-refractivity contribution in [2.75, 3.05) is 150 Å². The summed E-state index contributed by atoms with van der Waals surface area (Å²) in [7, 11) is -0.654. The van der Waals surface area contributed by atoms with Gasteiger partial charge in [0.15, 0.2) is 25.2 Å². The molecule has 816 valence electrons. The predicted octanol–water partition coefficient (Wildman–Crippen LogP) is 16.6. The first kappa shape index (κ1) is 148. The fourth-order valence-electron chi connectivity index (χ4n) is 11.0. The molecule has 0 aliphatic carbocycles. The number of methoxy groups -OCH3 is 2. The van der Waals surface area contributed by atoms with Crippen LogP contribution in [0.5, 0.6) is 0 Å². The van der Waals surface area contributed by atoms with Gasteiger partial charge in [-0.25, -0.2) is 28.8 Å². The van der Waals surface area contributed by atoms with Crippen molar-refractivity contribution in [1.82, 2.24) is 0 Å². The summed E-state index contributed by atoms with van der Waals surface area (Å²) in [5.41, 5.74) is 7.22. The van der Waals surface area contributed by atoms with Crippen LogP contribution in [-0.2, 0) is 138 Å². The molecular formula is C105H161ClKO32PS5. The fraction of sp³-hybridized carbons (Fsp3) is 0.562. The largest absolute Gasteiger partial charge is 1.00 e. The zero-order chi connectivity index (χ0) is 107. The molecule has 3 aromatic rings. The number of aldehydes is 1. The van der Waals surface area contributed by atoms with E-state index in [2.05, 4.69) is 46.5 Å². The van der Waals surface area contributed by atoms with Crippen LogP contribution in [0, 0.1) is 11.8 Å². The van der Waals surface area contributed by atoms with E-state index in [1.165, 1.54) is 93.6 Å². The third kappa shape index (κ3) is 97.4. The van der Waals surface area contributed by atoms with Gasteiger partial charge in [-0.3, -0.25) is 24.7 Å². The first-order valence-electron chi connectivity index (χ1n) is 47.9. The number of aliphatic carboxylic acids is 1. The van der Waals surface area contributed by atoms with E-state index >= 15 is 0 Å². The number of hydrogen-bond donors (Lipinski definition) is 6. The van der Waals surface area contributed by atoms with Crippen molar-refractivity contribution in [1.29, 1.82) is 0 Å². The number of halogens is 1. The maximum Gasteiger partial charge on any atom is 1.00 e. The van der Waals surface area contributed by atoms with Gasteiger partial charge in [-0.15, -0.1) is 11.6 Å². The molecule has 0 aromatic heterocycles. The van der Waals surface area contributed by atoms with Crippen LogP contribution in [0.3, 0.4) is 0 Å². The molecule has 145 heavy (non-hydrogen) atoms. The first-order valence-corrected chi connectivity index (χ1v) is 55.9. The molecule has 32 nitrogen and oxygen atoms in total. The number of benzene rings is 3. The molecule has 3 aromatic carbocycles. The summed E-state index contributed by atoms with van der Waals surface area (Å²) in [5, 5.41) is 46.5. The SMILES string of the molecule is CC1CCCO1.CCOC(CCCSCCC(OCC)OCC)OCC.CCOC(CCCl)OCC.CCOP(=O)(CC(=O)OC)OCC.COC(=O)/C=C/C1=CCCSC1.C[C@@H](O)/C=C\C(=O)OCc1ccccc1.C[C@@H](O)C#CC(=O)OCc1ccccc1.C[C@H](/C=C\C(=O)OCc1ccccc1)OC(=O)/C=C/C1=CCCSC1.O=C(O)/C=C/C1=CCCSC1.O=CC1=CCCSC1.OC1CCCO1.OO.[K+].[OH-]. The molecular weight excluding hydrogens is 2040 g/mol. The Balaban J connectivity index is -0.000000504. The number of rotatable bonds is 45. The number of carboxylic acids is 1. The second-order valence-corrected chi connectivity index (χ2v) is 37.8. The van der Waals surface area contributed by atoms with E-state index in [9.17, 15) is 42.9 Å². The molecule has 2 fully saturated rings. The maximum atomic E-state index is 11.8. The smallest absolute Gasteiger partial charge is 0.870 e. The normalized spacial score (nSPS) is 15.4. The molecule has 6 heterocycles. The topological polar surface area (TPSA) is 453 Å². The number of esters is 6. The van der Waals surface area contributed by atoms with Crippen LogP contribution in [-0.4, -0.2) is 284 Å². The summed E-state index contributed by atoms with van der Waals surface area (Å²) in [4.78, 5) is 87.3. The number of ether oxygens (including phenoxy) is 14. The van der Waals surface area contributed by atoms with Gasteiger partial charge in [0.2, 0.25) is 0 Å². The summed E-state index contributed by atoms with van der Waals surface area (Å²) in [6.45, 7) is 29.2. The summed E-state index contributed by atoms with van der Waals surface area (Å²) in [5.74, 6) is 12.0. The first-order chi connectivity index (χ1) is 69.0. The number of aliphatic hydroxyl groups is 3. The van der Waals surface area contributed by atoms with E-state index in [1.807, 2.05) is 203 Å². The van der Waals surface area contributed by atoms with Crippen LogP contribution in [0.25, 0.3) is 0 Å². The number of carbonyl (C=O) groups is 8. The number of alkyl halides is 1. The van der Waals surface area contributed by atoms with Crippen molar-refractivity contribution in [3.63, 3.8) is 0 Å². The van der Waals surface area contributed by atoms with Crippen LogP contribution >= 0.6 is 78.0 Å². The Hall–Kier alpha value is -5.89. The molecule has 2 saturated heterocycles. The minimum absolute atomic E-state index is 0. The fourth-order valence-corrected chi connectivity index (χ4v) is 17.1. The molecule has 5 atom stereocenters. The molecule has 0 radical (unpaired) electrons. The van der Waals surface area contributed by atoms with Gasteiger partial charge in [0.05, 0.1) is 39.6 Å². The van der Waals surface area contributed by atoms with Gasteiger partial charge in [-0.1, -0.05) is 139 Å². The number of thioether (sulfide) groups is 5. The van der Waals surface area contributed by atoms with E-state index in [1.54, 1.807) is 39.8 Å². The molecule has 6 aliphatic heterocycles. The molecule has 9 rings (SSSR count). The van der Waals surface area contributed by atoms with Gasteiger partial charge < -0.3 is 101 Å². The molecule has 2 unspecified atom stereocenters. The number of carboxylic acid groups (broad SMARTS) is 1. The second-order valence-electron chi connectivity index (χ2n) is 29.8.